The first-order chi connectivity index (χ1) is 8.08. The lowest BCUT2D eigenvalue weighted by atomic mass is 10.3. The zero-order chi connectivity index (χ0) is 12.4. The lowest BCUT2D eigenvalue weighted by Gasteiger charge is -1.97. The van der Waals surface area contributed by atoms with Crippen molar-refractivity contribution in [2.75, 3.05) is 11.5 Å². The highest BCUT2D eigenvalue weighted by molar-refractivity contribution is 14.1. The molecule has 0 fully saturated rings. The Hall–Kier alpha value is -1.35. The number of nitrogen functional groups attached to an aromatic ring is 2. The van der Waals surface area contributed by atoms with Gasteiger partial charge in [-0.1, -0.05) is 11.6 Å². The first-order valence-corrected chi connectivity index (χ1v) is 5.99. The highest BCUT2D eigenvalue weighted by Crippen LogP contribution is 2.30. The van der Waals surface area contributed by atoms with E-state index in [9.17, 15) is 0 Å². The van der Waals surface area contributed by atoms with Crippen molar-refractivity contribution in [3.05, 3.63) is 26.8 Å². The molecule has 1 aromatic heterocycles. The number of benzene rings is 1. The molecule has 0 bridgehead atoms. The number of rotatable bonds is 2. The molecule has 0 unspecified atom stereocenters. The molecule has 0 aliphatic carbocycles. The summed E-state index contributed by atoms with van der Waals surface area (Å²) in [5, 5.41) is 14.9. The van der Waals surface area contributed by atoms with E-state index >= 15 is 0 Å². The Labute approximate surface area is 116 Å². The molecule has 0 saturated heterocycles. The van der Waals surface area contributed by atoms with E-state index in [0.29, 0.717) is 16.4 Å². The molecule has 0 aliphatic rings. The maximum Gasteiger partial charge on any atom is 0.175 e. The number of anilines is 2. The Kier molecular flexibility index (Phi) is 3.48. The number of halogens is 2. The van der Waals surface area contributed by atoms with Gasteiger partial charge in [0.05, 0.1) is 5.69 Å². The summed E-state index contributed by atoms with van der Waals surface area (Å²) in [7, 11) is 0. The molecule has 1 aromatic carbocycles. The molecule has 0 radical (unpaired) electrons. The Morgan fingerprint density at radius 2 is 2.06 bits per heavy atom. The molecule has 0 saturated carbocycles. The minimum atomic E-state index is 0.218. The van der Waals surface area contributed by atoms with Gasteiger partial charge in [0.2, 0.25) is 0 Å². The van der Waals surface area contributed by atoms with Crippen LogP contribution in [-0.2, 0) is 0 Å². The smallest absolute Gasteiger partial charge is 0.175 e. The van der Waals surface area contributed by atoms with Crippen LogP contribution >= 0.6 is 34.2 Å². The minimum Gasteiger partial charge on any atom is -0.382 e. The number of H-pyrrole nitrogens is 1. The van der Waals surface area contributed by atoms with E-state index in [1.165, 1.54) is 0 Å². The fourth-order valence-corrected chi connectivity index (χ4v) is 2.12. The van der Waals surface area contributed by atoms with E-state index in [4.69, 9.17) is 23.1 Å². The van der Waals surface area contributed by atoms with E-state index in [2.05, 4.69) is 43.0 Å². The van der Waals surface area contributed by atoms with Crippen LogP contribution in [0, 0.1) is 3.57 Å². The summed E-state index contributed by atoms with van der Waals surface area (Å²) in [5.74, 6) is 0.505. The molecule has 6 nitrogen and oxygen atoms in total. The van der Waals surface area contributed by atoms with Gasteiger partial charge in [0.1, 0.15) is 5.82 Å². The quantitative estimate of drug-likeness (QED) is 0.564. The van der Waals surface area contributed by atoms with Crippen LogP contribution in [0.1, 0.15) is 0 Å². The lowest BCUT2D eigenvalue weighted by Crippen LogP contribution is -1.84. The number of hydrogen-bond donors (Lipinski definition) is 3. The molecule has 8 heteroatoms. The molecule has 88 valence electrons. The number of nitrogens with one attached hydrogen (secondary N) is 1. The number of hydrogen-bond acceptors (Lipinski definition) is 5. The van der Waals surface area contributed by atoms with Crippen molar-refractivity contribution in [2.24, 2.45) is 10.2 Å². The summed E-state index contributed by atoms with van der Waals surface area (Å²) in [6.45, 7) is 0. The predicted molar refractivity (Wildman–Crippen MR) is 75.8 cm³/mol. The second kappa shape index (κ2) is 4.88. The third-order valence-electron chi connectivity index (χ3n) is 1.96. The highest BCUT2D eigenvalue weighted by atomic mass is 127. The summed E-state index contributed by atoms with van der Waals surface area (Å²) in [5.41, 5.74) is 12.2. The first kappa shape index (κ1) is 12.1. The fraction of sp³-hybridized carbons (Fsp3) is 0. The van der Waals surface area contributed by atoms with Crippen molar-refractivity contribution in [3.8, 4) is 0 Å². The van der Waals surface area contributed by atoms with Gasteiger partial charge in [-0.15, -0.1) is 10.2 Å². The second-order valence-electron chi connectivity index (χ2n) is 3.17. The van der Waals surface area contributed by atoms with Gasteiger partial charge >= 0.3 is 0 Å². The number of aromatic nitrogens is 2. The standard InChI is InChI=1S/C9H8ClIN6/c10-4-1-2-6(5(11)3-4)14-15-7-8(12)16-17-9(7)13/h1-3H,(H5,12,13,16,17). The molecular weight excluding hydrogens is 354 g/mol. The maximum atomic E-state index is 5.84. The zero-order valence-electron chi connectivity index (χ0n) is 8.48. The van der Waals surface area contributed by atoms with Crippen molar-refractivity contribution in [1.82, 2.24) is 10.2 Å². The SMILES string of the molecule is Nc1n[nH]c(N)c1N=Nc1ccc(Cl)cc1I. The third-order valence-corrected chi connectivity index (χ3v) is 3.06. The van der Waals surface area contributed by atoms with Crippen LogP contribution in [0.2, 0.25) is 5.02 Å². The van der Waals surface area contributed by atoms with Gasteiger partial charge in [-0.05, 0) is 40.8 Å². The second-order valence-corrected chi connectivity index (χ2v) is 4.77. The van der Waals surface area contributed by atoms with Crippen LogP contribution in [0.3, 0.4) is 0 Å². The van der Waals surface area contributed by atoms with Gasteiger partial charge in [0.25, 0.3) is 0 Å². The van der Waals surface area contributed by atoms with Crippen LogP contribution in [-0.4, -0.2) is 10.2 Å². The Morgan fingerprint density at radius 1 is 1.29 bits per heavy atom. The molecule has 2 aromatic rings. The number of nitrogens with zero attached hydrogens (tertiary/aromatic N) is 3. The summed E-state index contributed by atoms with van der Waals surface area (Å²) in [6.07, 6.45) is 0. The molecule has 17 heavy (non-hydrogen) atoms. The van der Waals surface area contributed by atoms with Crippen LogP contribution < -0.4 is 11.5 Å². The number of azo groups is 1. The van der Waals surface area contributed by atoms with Crippen LogP contribution in [0.25, 0.3) is 0 Å². The van der Waals surface area contributed by atoms with Gasteiger partial charge in [-0.3, -0.25) is 5.10 Å². The van der Waals surface area contributed by atoms with Crippen molar-refractivity contribution in [1.29, 1.82) is 0 Å². The van der Waals surface area contributed by atoms with Crippen LogP contribution in [0.5, 0.6) is 0 Å². The molecular formula is C9H8ClIN6. The number of nitrogens with two attached hydrogens (primary N) is 2. The van der Waals surface area contributed by atoms with Gasteiger partial charge in [-0.25, -0.2) is 0 Å². The van der Waals surface area contributed by atoms with E-state index < -0.39 is 0 Å². The monoisotopic (exact) mass is 362 g/mol. The maximum absolute atomic E-state index is 5.84. The summed E-state index contributed by atoms with van der Waals surface area (Å²) in [6, 6.07) is 5.29. The summed E-state index contributed by atoms with van der Waals surface area (Å²) in [4.78, 5) is 0. The average Bonchev–Trinajstić information content (AvgIpc) is 2.58. The third kappa shape index (κ3) is 2.67. The molecule has 2 rings (SSSR count). The summed E-state index contributed by atoms with van der Waals surface area (Å²) >= 11 is 7.96. The van der Waals surface area contributed by atoms with Gasteiger partial charge in [0.15, 0.2) is 11.5 Å². The summed E-state index contributed by atoms with van der Waals surface area (Å²) < 4.78 is 0.888. The Bertz CT molecular complexity index is 559. The molecule has 0 atom stereocenters. The van der Waals surface area contributed by atoms with Gasteiger partial charge in [0, 0.05) is 8.59 Å². The van der Waals surface area contributed by atoms with Gasteiger partial charge in [-0.2, -0.15) is 5.10 Å². The predicted octanol–water partition coefficient (Wildman–Crippen LogP) is 3.25. The number of aromatic amines is 1. The zero-order valence-corrected chi connectivity index (χ0v) is 11.4. The molecule has 0 aliphatic heterocycles. The van der Waals surface area contributed by atoms with E-state index in [1.54, 1.807) is 18.2 Å². The Morgan fingerprint density at radius 3 is 2.65 bits per heavy atom. The normalized spacial score (nSPS) is 11.2. The van der Waals surface area contributed by atoms with Crippen molar-refractivity contribution >= 4 is 57.2 Å². The largest absolute Gasteiger partial charge is 0.382 e. The molecule has 0 spiro atoms. The van der Waals surface area contributed by atoms with Gasteiger partial charge < -0.3 is 11.5 Å². The Balaban J connectivity index is 2.32. The van der Waals surface area contributed by atoms with E-state index in [1.807, 2.05) is 0 Å². The van der Waals surface area contributed by atoms with E-state index in [-0.39, 0.29) is 11.6 Å². The first-order valence-electron chi connectivity index (χ1n) is 4.54. The fourth-order valence-electron chi connectivity index (χ4n) is 1.14. The molecule has 0 amide bonds. The molecule has 5 N–H and O–H groups in total. The minimum absolute atomic E-state index is 0.218. The highest BCUT2D eigenvalue weighted by Gasteiger charge is 2.07. The average molecular weight is 363 g/mol. The van der Waals surface area contributed by atoms with Crippen LogP contribution in [0.4, 0.5) is 23.0 Å². The van der Waals surface area contributed by atoms with Crippen molar-refractivity contribution in [3.63, 3.8) is 0 Å². The van der Waals surface area contributed by atoms with Crippen molar-refractivity contribution < 1.29 is 0 Å². The van der Waals surface area contributed by atoms with Crippen LogP contribution in [0.15, 0.2) is 28.4 Å². The molecule has 1 heterocycles. The van der Waals surface area contributed by atoms with E-state index in [0.717, 1.165) is 3.57 Å². The topological polar surface area (TPSA) is 105 Å². The lowest BCUT2D eigenvalue weighted by molar-refractivity contribution is 1.11. The van der Waals surface area contributed by atoms with Crippen molar-refractivity contribution in [2.45, 2.75) is 0 Å².